The summed E-state index contributed by atoms with van der Waals surface area (Å²) in [6.07, 6.45) is 7.67. The molecule has 1 aliphatic carbocycles. The fourth-order valence-electron chi connectivity index (χ4n) is 1.60. The Morgan fingerprint density at radius 3 is 2.75 bits per heavy atom. The first-order valence-corrected chi connectivity index (χ1v) is 3.88. The number of nitrogens with one attached hydrogen (secondary N) is 2. The maximum atomic E-state index is 10.7. The molecule has 4 heteroatoms. The largest absolute Gasteiger partial charge is 0.480 e. The molecular weight excluding hydrogens is 156 g/mol. The van der Waals surface area contributed by atoms with E-state index in [9.17, 15) is 4.79 Å². The second-order valence-electron chi connectivity index (χ2n) is 2.98. The maximum Gasteiger partial charge on any atom is 0.322 e. The number of carbonyl (C=O) groups is 1. The molecule has 3 atom stereocenters. The van der Waals surface area contributed by atoms with E-state index in [1.807, 2.05) is 24.3 Å². The predicted octanol–water partition coefficient (Wildman–Crippen LogP) is -0.342. The Labute approximate surface area is 69.9 Å². The van der Waals surface area contributed by atoms with Gasteiger partial charge in [-0.1, -0.05) is 24.3 Å². The number of hydrazine groups is 1. The molecule has 0 bridgehead atoms. The number of allylic oxidation sites excluding steroid dienone is 2. The second kappa shape index (κ2) is 2.73. The molecule has 3 N–H and O–H groups in total. The normalized spacial score (nSPS) is 38.2. The first-order chi connectivity index (χ1) is 5.79. The van der Waals surface area contributed by atoms with E-state index in [-0.39, 0.29) is 12.0 Å². The summed E-state index contributed by atoms with van der Waals surface area (Å²) in [7, 11) is 0. The molecule has 0 radical (unpaired) electrons. The number of hydrogen-bond donors (Lipinski definition) is 3. The monoisotopic (exact) mass is 166 g/mol. The van der Waals surface area contributed by atoms with Gasteiger partial charge in [0.2, 0.25) is 0 Å². The van der Waals surface area contributed by atoms with Crippen LogP contribution < -0.4 is 10.9 Å². The van der Waals surface area contributed by atoms with Crippen LogP contribution in [-0.2, 0) is 4.79 Å². The zero-order chi connectivity index (χ0) is 8.55. The summed E-state index contributed by atoms with van der Waals surface area (Å²) < 4.78 is 0. The summed E-state index contributed by atoms with van der Waals surface area (Å²) in [5.74, 6) is -0.776. The third kappa shape index (κ3) is 1.05. The molecule has 0 aromatic heterocycles. The van der Waals surface area contributed by atoms with Crippen molar-refractivity contribution in [3.05, 3.63) is 24.3 Å². The number of carboxylic acids is 1. The zero-order valence-corrected chi connectivity index (χ0v) is 6.40. The van der Waals surface area contributed by atoms with Gasteiger partial charge < -0.3 is 5.11 Å². The Hall–Kier alpha value is -1.13. The molecule has 1 heterocycles. The minimum absolute atomic E-state index is 0.0347. The molecule has 3 unspecified atom stereocenters. The van der Waals surface area contributed by atoms with Gasteiger partial charge in [0.05, 0.1) is 0 Å². The Morgan fingerprint density at radius 1 is 1.25 bits per heavy atom. The molecule has 0 aromatic rings. The van der Waals surface area contributed by atoms with E-state index in [1.54, 1.807) is 0 Å². The van der Waals surface area contributed by atoms with Crippen molar-refractivity contribution in [1.29, 1.82) is 0 Å². The quantitative estimate of drug-likeness (QED) is 0.498. The Kier molecular flexibility index (Phi) is 1.71. The number of carboxylic acid groups (broad SMARTS) is 1. The molecule has 1 fully saturated rings. The standard InChI is InChI=1S/C8H10N2O2/c11-8(12)7-5-3-1-2-4-6(5)9-10-7/h1-7,9-10H,(H,11,12). The van der Waals surface area contributed by atoms with Crippen molar-refractivity contribution in [3.63, 3.8) is 0 Å². The minimum Gasteiger partial charge on any atom is -0.480 e. The average molecular weight is 166 g/mol. The highest BCUT2D eigenvalue weighted by Gasteiger charge is 2.37. The van der Waals surface area contributed by atoms with Crippen LogP contribution in [-0.4, -0.2) is 23.2 Å². The maximum absolute atomic E-state index is 10.7. The van der Waals surface area contributed by atoms with Gasteiger partial charge in [-0.2, -0.15) is 0 Å². The van der Waals surface area contributed by atoms with E-state index in [4.69, 9.17) is 5.11 Å². The first kappa shape index (κ1) is 7.52. The van der Waals surface area contributed by atoms with E-state index in [0.717, 1.165) is 0 Å². The highest BCUT2D eigenvalue weighted by atomic mass is 16.4. The second-order valence-corrected chi connectivity index (χ2v) is 2.98. The highest BCUT2D eigenvalue weighted by molar-refractivity contribution is 5.75. The van der Waals surface area contributed by atoms with Crippen LogP contribution in [0, 0.1) is 5.92 Å². The molecule has 2 rings (SSSR count). The lowest BCUT2D eigenvalue weighted by Gasteiger charge is -2.15. The average Bonchev–Trinajstić information content (AvgIpc) is 2.47. The van der Waals surface area contributed by atoms with Gasteiger partial charge in [0.1, 0.15) is 6.04 Å². The van der Waals surface area contributed by atoms with Gasteiger partial charge in [0, 0.05) is 12.0 Å². The summed E-state index contributed by atoms with van der Waals surface area (Å²) in [6, 6.07) is -0.382. The van der Waals surface area contributed by atoms with Gasteiger partial charge in [-0.3, -0.25) is 4.79 Å². The van der Waals surface area contributed by atoms with Gasteiger partial charge in [-0.05, 0) is 0 Å². The molecule has 1 aliphatic heterocycles. The van der Waals surface area contributed by atoms with Crippen LogP contribution in [0.5, 0.6) is 0 Å². The van der Waals surface area contributed by atoms with Crippen molar-refractivity contribution >= 4 is 5.97 Å². The van der Waals surface area contributed by atoms with Crippen LogP contribution in [0.15, 0.2) is 24.3 Å². The lowest BCUT2D eigenvalue weighted by Crippen LogP contribution is -2.38. The number of rotatable bonds is 1. The molecule has 0 amide bonds. The van der Waals surface area contributed by atoms with Crippen LogP contribution in [0.25, 0.3) is 0 Å². The van der Waals surface area contributed by atoms with Gasteiger partial charge in [-0.15, -0.1) is 0 Å². The molecule has 12 heavy (non-hydrogen) atoms. The van der Waals surface area contributed by atoms with Crippen molar-refractivity contribution in [3.8, 4) is 0 Å². The molecule has 0 aromatic carbocycles. The molecule has 4 nitrogen and oxygen atoms in total. The van der Waals surface area contributed by atoms with E-state index >= 15 is 0 Å². The fourth-order valence-corrected chi connectivity index (χ4v) is 1.60. The summed E-state index contributed by atoms with van der Waals surface area (Å²) in [4.78, 5) is 10.7. The summed E-state index contributed by atoms with van der Waals surface area (Å²) in [6.45, 7) is 0. The van der Waals surface area contributed by atoms with Gasteiger partial charge in [-0.25, -0.2) is 10.9 Å². The molecule has 0 spiro atoms. The van der Waals surface area contributed by atoms with Crippen molar-refractivity contribution in [2.75, 3.05) is 0 Å². The van der Waals surface area contributed by atoms with E-state index in [0.29, 0.717) is 0 Å². The third-order valence-electron chi connectivity index (χ3n) is 2.23. The summed E-state index contributed by atoms with van der Waals surface area (Å²) >= 11 is 0. The zero-order valence-electron chi connectivity index (χ0n) is 6.40. The van der Waals surface area contributed by atoms with Gasteiger partial charge >= 0.3 is 5.97 Å². The van der Waals surface area contributed by atoms with Crippen molar-refractivity contribution < 1.29 is 9.90 Å². The van der Waals surface area contributed by atoms with Crippen molar-refractivity contribution in [1.82, 2.24) is 10.9 Å². The number of hydrogen-bond acceptors (Lipinski definition) is 3. The lowest BCUT2D eigenvalue weighted by molar-refractivity contribution is -0.139. The van der Waals surface area contributed by atoms with E-state index in [2.05, 4.69) is 10.9 Å². The highest BCUT2D eigenvalue weighted by Crippen LogP contribution is 2.20. The van der Waals surface area contributed by atoms with Crippen LogP contribution in [0.3, 0.4) is 0 Å². The Balaban J connectivity index is 2.18. The van der Waals surface area contributed by atoms with Gasteiger partial charge in [0.25, 0.3) is 0 Å². The third-order valence-corrected chi connectivity index (χ3v) is 2.23. The topological polar surface area (TPSA) is 61.4 Å². The summed E-state index contributed by atoms with van der Waals surface area (Å²) in [5, 5.41) is 8.79. The molecule has 64 valence electrons. The Morgan fingerprint density at radius 2 is 2.00 bits per heavy atom. The Bertz CT molecular complexity index is 260. The van der Waals surface area contributed by atoms with Crippen LogP contribution in [0.4, 0.5) is 0 Å². The van der Waals surface area contributed by atoms with Gasteiger partial charge in [0.15, 0.2) is 0 Å². The van der Waals surface area contributed by atoms with E-state index in [1.165, 1.54) is 0 Å². The molecule has 0 saturated carbocycles. The van der Waals surface area contributed by atoms with Crippen molar-refractivity contribution in [2.45, 2.75) is 12.1 Å². The smallest absolute Gasteiger partial charge is 0.322 e. The van der Waals surface area contributed by atoms with Crippen LogP contribution >= 0.6 is 0 Å². The van der Waals surface area contributed by atoms with Crippen molar-refractivity contribution in [2.24, 2.45) is 5.92 Å². The fraction of sp³-hybridized carbons (Fsp3) is 0.375. The SMILES string of the molecule is O=C(O)C1NNC2C=CC=CC21. The number of aliphatic carboxylic acids is 1. The first-order valence-electron chi connectivity index (χ1n) is 3.88. The molecule has 1 saturated heterocycles. The van der Waals surface area contributed by atoms with Crippen LogP contribution in [0.2, 0.25) is 0 Å². The number of fused-ring (bicyclic) bond motifs is 1. The molecule has 2 aliphatic rings. The van der Waals surface area contributed by atoms with E-state index < -0.39 is 12.0 Å². The lowest BCUT2D eigenvalue weighted by atomic mass is 9.91. The minimum atomic E-state index is -0.810. The predicted molar refractivity (Wildman–Crippen MR) is 43.3 cm³/mol. The summed E-state index contributed by atoms with van der Waals surface area (Å²) in [5.41, 5.74) is 5.67. The van der Waals surface area contributed by atoms with Crippen LogP contribution in [0.1, 0.15) is 0 Å². The molecular formula is C8H10N2O2.